The first kappa shape index (κ1) is 10.7. The molecule has 5 unspecified atom stereocenters. The van der Waals surface area contributed by atoms with Gasteiger partial charge in [-0.25, -0.2) is 0 Å². The normalized spacial score (nSPS) is 45.4. The maximum atomic E-state index is 9.48. The number of halogens is 1. The standard InChI is InChI=1S/C6H10BrN3O3/c1-2-4(11)5(12)3(9-10-8)6(7)13-2/h2-6,11-12H,1H3. The minimum absolute atomic E-state index is 0.482. The van der Waals surface area contributed by atoms with E-state index in [1.165, 1.54) is 0 Å². The van der Waals surface area contributed by atoms with Crippen molar-refractivity contribution in [3.05, 3.63) is 10.4 Å². The van der Waals surface area contributed by atoms with E-state index in [1.807, 2.05) is 0 Å². The number of aliphatic hydroxyl groups excluding tert-OH is 2. The van der Waals surface area contributed by atoms with Crippen molar-refractivity contribution in [3.63, 3.8) is 0 Å². The Morgan fingerprint density at radius 2 is 2.08 bits per heavy atom. The summed E-state index contributed by atoms with van der Waals surface area (Å²) in [6.07, 6.45) is -2.60. The summed E-state index contributed by atoms with van der Waals surface area (Å²) in [5.41, 5.74) is 8.20. The summed E-state index contributed by atoms with van der Waals surface area (Å²) < 4.78 is 5.18. The van der Waals surface area contributed by atoms with E-state index >= 15 is 0 Å². The van der Waals surface area contributed by atoms with Gasteiger partial charge in [-0.3, -0.25) is 0 Å². The van der Waals surface area contributed by atoms with Crippen molar-refractivity contribution in [3.8, 4) is 0 Å². The summed E-state index contributed by atoms with van der Waals surface area (Å²) in [5, 5.41) is 21.6. The second-order valence-corrected chi connectivity index (χ2v) is 3.77. The Bertz CT molecular complexity index is 233. The van der Waals surface area contributed by atoms with Crippen molar-refractivity contribution in [2.75, 3.05) is 0 Å². The SMILES string of the molecule is CC1OC(Br)C(N=[N+]=[N-])C(O)C1O. The fraction of sp³-hybridized carbons (Fsp3) is 1.00. The summed E-state index contributed by atoms with van der Waals surface area (Å²) in [5.74, 6) is 0. The lowest BCUT2D eigenvalue weighted by Gasteiger charge is -2.37. The van der Waals surface area contributed by atoms with Gasteiger partial charge in [0, 0.05) is 4.91 Å². The molecule has 0 aliphatic carbocycles. The molecule has 0 saturated carbocycles. The fourth-order valence-corrected chi connectivity index (χ4v) is 1.94. The van der Waals surface area contributed by atoms with E-state index in [4.69, 9.17) is 10.3 Å². The summed E-state index contributed by atoms with van der Waals surface area (Å²) in [6, 6.07) is -0.795. The molecule has 1 fully saturated rings. The number of azide groups is 1. The van der Waals surface area contributed by atoms with Gasteiger partial charge < -0.3 is 14.9 Å². The molecule has 7 heteroatoms. The Morgan fingerprint density at radius 3 is 2.62 bits per heavy atom. The van der Waals surface area contributed by atoms with Crippen molar-refractivity contribution in [1.29, 1.82) is 0 Å². The molecule has 0 aromatic rings. The molecule has 74 valence electrons. The van der Waals surface area contributed by atoms with Gasteiger partial charge in [-0.05, 0) is 12.5 Å². The summed E-state index contributed by atoms with van der Waals surface area (Å²) in [4.78, 5) is 2.56. The Labute approximate surface area is 83.3 Å². The third kappa shape index (κ3) is 2.12. The van der Waals surface area contributed by atoms with Crippen LogP contribution in [0, 0.1) is 0 Å². The van der Waals surface area contributed by atoms with Crippen LogP contribution >= 0.6 is 15.9 Å². The molecule has 1 heterocycles. The second-order valence-electron chi connectivity index (χ2n) is 2.87. The minimum Gasteiger partial charge on any atom is -0.390 e. The summed E-state index contributed by atoms with van der Waals surface area (Å²) >= 11 is 3.11. The Balaban J connectivity index is 2.78. The molecule has 1 aliphatic heterocycles. The van der Waals surface area contributed by atoms with Gasteiger partial charge >= 0.3 is 0 Å². The first-order valence-corrected chi connectivity index (χ1v) is 4.69. The van der Waals surface area contributed by atoms with Gasteiger partial charge in [0.05, 0.1) is 12.2 Å². The molecule has 0 aromatic heterocycles. The number of ether oxygens (including phenoxy) is 1. The summed E-state index contributed by atoms with van der Waals surface area (Å²) in [7, 11) is 0. The first-order chi connectivity index (χ1) is 6.07. The smallest absolute Gasteiger partial charge is 0.124 e. The third-order valence-corrected chi connectivity index (χ3v) is 2.74. The molecular formula is C6H10BrN3O3. The first-order valence-electron chi connectivity index (χ1n) is 3.77. The monoisotopic (exact) mass is 251 g/mol. The van der Waals surface area contributed by atoms with Crippen molar-refractivity contribution >= 4 is 15.9 Å². The van der Waals surface area contributed by atoms with E-state index in [9.17, 15) is 10.2 Å². The van der Waals surface area contributed by atoms with Crippen LogP contribution in [0.5, 0.6) is 0 Å². The number of hydrogen-bond acceptors (Lipinski definition) is 4. The second kappa shape index (κ2) is 4.26. The molecule has 0 amide bonds. The van der Waals surface area contributed by atoms with Crippen LogP contribution in [0.1, 0.15) is 6.92 Å². The van der Waals surface area contributed by atoms with Crippen LogP contribution in [-0.2, 0) is 4.74 Å². The number of hydrogen-bond donors (Lipinski definition) is 2. The molecule has 6 nitrogen and oxygen atoms in total. The molecule has 0 radical (unpaired) electrons. The average Bonchev–Trinajstić information content (AvgIpc) is 2.09. The third-order valence-electron chi connectivity index (χ3n) is 1.98. The van der Waals surface area contributed by atoms with E-state index < -0.39 is 29.4 Å². The Kier molecular flexibility index (Phi) is 3.52. The fourth-order valence-electron chi connectivity index (χ4n) is 1.18. The maximum absolute atomic E-state index is 9.48. The molecular weight excluding hydrogens is 242 g/mol. The van der Waals surface area contributed by atoms with Crippen molar-refractivity contribution in [2.24, 2.45) is 5.11 Å². The van der Waals surface area contributed by atoms with Gasteiger partial charge in [-0.1, -0.05) is 21.0 Å². The molecule has 0 aromatic carbocycles. The van der Waals surface area contributed by atoms with Gasteiger partial charge in [0.1, 0.15) is 17.2 Å². The lowest BCUT2D eigenvalue weighted by molar-refractivity contribution is -0.145. The highest BCUT2D eigenvalue weighted by Crippen LogP contribution is 2.26. The zero-order valence-electron chi connectivity index (χ0n) is 6.91. The van der Waals surface area contributed by atoms with Crippen LogP contribution in [0.25, 0.3) is 10.4 Å². The van der Waals surface area contributed by atoms with E-state index in [1.54, 1.807) is 6.92 Å². The average molecular weight is 252 g/mol. The highest BCUT2D eigenvalue weighted by Gasteiger charge is 2.40. The molecule has 0 spiro atoms. The highest BCUT2D eigenvalue weighted by atomic mass is 79.9. The van der Waals surface area contributed by atoms with E-state index in [0.717, 1.165) is 0 Å². The van der Waals surface area contributed by atoms with Crippen LogP contribution in [-0.4, -0.2) is 39.6 Å². The lowest BCUT2D eigenvalue weighted by Crippen LogP contribution is -2.53. The largest absolute Gasteiger partial charge is 0.390 e. The molecule has 1 saturated heterocycles. The van der Waals surface area contributed by atoms with Crippen molar-refractivity contribution in [2.45, 2.75) is 36.3 Å². The van der Waals surface area contributed by atoms with Gasteiger partial charge in [-0.2, -0.15) is 0 Å². The number of alkyl halides is 1. The zero-order valence-corrected chi connectivity index (χ0v) is 8.50. The van der Waals surface area contributed by atoms with E-state index in [-0.39, 0.29) is 0 Å². The zero-order chi connectivity index (χ0) is 10.0. The minimum atomic E-state index is -1.09. The molecule has 1 aliphatic rings. The molecule has 5 atom stereocenters. The van der Waals surface area contributed by atoms with Crippen LogP contribution in [0.4, 0.5) is 0 Å². The van der Waals surface area contributed by atoms with E-state index in [2.05, 4.69) is 26.0 Å². The Morgan fingerprint density at radius 1 is 1.46 bits per heavy atom. The van der Waals surface area contributed by atoms with E-state index in [0.29, 0.717) is 0 Å². The van der Waals surface area contributed by atoms with Crippen LogP contribution < -0.4 is 0 Å². The number of rotatable bonds is 1. The molecule has 13 heavy (non-hydrogen) atoms. The molecule has 0 bridgehead atoms. The number of nitrogens with zero attached hydrogens (tertiary/aromatic N) is 3. The van der Waals surface area contributed by atoms with Gasteiger partial charge in [0.15, 0.2) is 0 Å². The van der Waals surface area contributed by atoms with Crippen molar-refractivity contribution < 1.29 is 14.9 Å². The van der Waals surface area contributed by atoms with Crippen molar-refractivity contribution in [1.82, 2.24) is 0 Å². The van der Waals surface area contributed by atoms with Gasteiger partial charge in [0.25, 0.3) is 0 Å². The summed E-state index contributed by atoms with van der Waals surface area (Å²) in [6.45, 7) is 1.63. The lowest BCUT2D eigenvalue weighted by atomic mass is 10.00. The van der Waals surface area contributed by atoms with Crippen LogP contribution in [0.2, 0.25) is 0 Å². The molecule has 2 N–H and O–H groups in total. The van der Waals surface area contributed by atoms with Gasteiger partial charge in [-0.15, -0.1) is 0 Å². The predicted octanol–water partition coefficient (Wildman–Crippen LogP) is 0.527. The topological polar surface area (TPSA) is 98.5 Å². The van der Waals surface area contributed by atoms with Crippen LogP contribution in [0.3, 0.4) is 0 Å². The van der Waals surface area contributed by atoms with Crippen LogP contribution in [0.15, 0.2) is 5.11 Å². The predicted molar refractivity (Wildman–Crippen MR) is 48.2 cm³/mol. The van der Waals surface area contributed by atoms with Gasteiger partial charge in [0.2, 0.25) is 0 Å². The highest BCUT2D eigenvalue weighted by molar-refractivity contribution is 9.09. The number of aliphatic hydroxyl groups is 2. The quantitative estimate of drug-likeness (QED) is 0.308. The maximum Gasteiger partial charge on any atom is 0.124 e. The Hall–Kier alpha value is -0.330. The molecule has 1 rings (SSSR count).